The average Bonchev–Trinajstić information content (AvgIpc) is 3.46. The molecule has 3 fully saturated rings. The number of morpholine rings is 1. The van der Waals surface area contributed by atoms with Gasteiger partial charge in [0, 0.05) is 51.2 Å². The Kier molecular flexibility index (Phi) is 9.91. The second-order valence-corrected chi connectivity index (χ2v) is 11.7. The van der Waals surface area contributed by atoms with Crippen LogP contribution in [0.25, 0.3) is 16.9 Å². The molecule has 44 heavy (non-hydrogen) atoms. The summed E-state index contributed by atoms with van der Waals surface area (Å²) in [5.41, 5.74) is 1.01. The Morgan fingerprint density at radius 1 is 0.977 bits per heavy atom. The lowest BCUT2D eigenvalue weighted by Gasteiger charge is -2.28. The Morgan fingerprint density at radius 2 is 1.70 bits per heavy atom. The predicted molar refractivity (Wildman–Crippen MR) is 163 cm³/mol. The minimum absolute atomic E-state index is 0.106. The molecule has 3 aliphatic rings. The molecule has 236 valence electrons. The molecule has 0 atom stereocenters. The highest BCUT2D eigenvalue weighted by molar-refractivity contribution is 5.78. The number of urea groups is 1. The van der Waals surface area contributed by atoms with E-state index in [4.69, 9.17) is 14.5 Å². The van der Waals surface area contributed by atoms with E-state index >= 15 is 0 Å². The van der Waals surface area contributed by atoms with Crippen LogP contribution >= 0.6 is 0 Å². The van der Waals surface area contributed by atoms with Crippen LogP contribution in [-0.4, -0.2) is 83.9 Å². The van der Waals surface area contributed by atoms with Crippen LogP contribution in [0.15, 0.2) is 35.3 Å². The van der Waals surface area contributed by atoms with Gasteiger partial charge in [-0.05, 0) is 68.9 Å². The number of aromatic nitrogens is 4. The number of alkyl halides is 2. The van der Waals surface area contributed by atoms with Gasteiger partial charge < -0.3 is 25.0 Å². The second kappa shape index (κ2) is 14.4. The molecule has 11 nitrogen and oxygen atoms in total. The summed E-state index contributed by atoms with van der Waals surface area (Å²) in [4.78, 5) is 32.6. The van der Waals surface area contributed by atoms with Crippen LogP contribution in [0, 0.1) is 11.8 Å². The monoisotopic (exact) mass is 610 g/mol. The minimum atomic E-state index is -2.78. The van der Waals surface area contributed by atoms with Crippen LogP contribution in [0.1, 0.15) is 57.2 Å². The van der Waals surface area contributed by atoms with E-state index in [0.29, 0.717) is 61.4 Å². The number of imidazole rings is 1. The Balaban J connectivity index is 1.12. The molecule has 0 radical (unpaired) electrons. The number of hydrogen-bond donors (Lipinski definition) is 2. The molecule has 1 aromatic carbocycles. The van der Waals surface area contributed by atoms with Crippen molar-refractivity contribution in [3.63, 3.8) is 0 Å². The normalized spacial score (nSPS) is 21.8. The highest BCUT2D eigenvalue weighted by atomic mass is 19.3. The summed E-state index contributed by atoms with van der Waals surface area (Å²) in [6.07, 6.45) is 5.64. The largest absolute Gasteiger partial charge is 0.381 e. The minimum Gasteiger partial charge on any atom is -0.381 e. The number of benzene rings is 1. The first-order valence-corrected chi connectivity index (χ1v) is 15.7. The highest BCUT2D eigenvalue weighted by Gasteiger charge is 2.25. The number of carbonyl (C=O) groups excluding carboxylic acids is 1. The van der Waals surface area contributed by atoms with Crippen molar-refractivity contribution in [3.8, 4) is 5.82 Å². The van der Waals surface area contributed by atoms with Gasteiger partial charge in [0.05, 0.1) is 24.2 Å². The second-order valence-electron chi connectivity index (χ2n) is 11.7. The first kappa shape index (κ1) is 30.3. The zero-order valence-electron chi connectivity index (χ0n) is 24.8. The summed E-state index contributed by atoms with van der Waals surface area (Å²) in [5, 5.41) is 6.12. The van der Waals surface area contributed by atoms with Crippen molar-refractivity contribution < 1.29 is 23.0 Å². The molecule has 13 heteroatoms. The van der Waals surface area contributed by atoms with Gasteiger partial charge in [-0.15, -0.1) is 0 Å². The number of halogens is 2. The van der Waals surface area contributed by atoms with Crippen molar-refractivity contribution in [1.82, 2.24) is 30.2 Å². The third-order valence-corrected chi connectivity index (χ3v) is 8.72. The number of rotatable bonds is 9. The maximum Gasteiger partial charge on any atom is 0.315 e. The van der Waals surface area contributed by atoms with E-state index in [9.17, 15) is 13.6 Å². The van der Waals surface area contributed by atoms with Crippen LogP contribution < -0.4 is 15.5 Å². The molecule has 2 aromatic heterocycles. The van der Waals surface area contributed by atoms with Crippen LogP contribution in [0.5, 0.6) is 0 Å². The highest BCUT2D eigenvalue weighted by Crippen LogP contribution is 2.30. The molecule has 3 aromatic rings. The molecule has 2 N–H and O–H groups in total. The molecule has 2 saturated heterocycles. The number of aliphatic imine (C=N–C) groups is 1. The Bertz CT molecular complexity index is 1430. The van der Waals surface area contributed by atoms with E-state index in [1.165, 1.54) is 4.57 Å². The standard InChI is InChI=1S/C31H40F2N8O3/c32-28(33)29-37-24-3-1-2-4-25(24)41(29)27-19-26(40-13-17-44-18-14-40)38-30(39-27)35-20-22-5-7-23(8-6-22)36-31(42)34-12-9-21-10-15-43-16-11-21/h1-4,19-23,28H,5-18H2,(H2,34,36,42). The lowest BCUT2D eigenvalue weighted by Crippen LogP contribution is -2.44. The first-order chi connectivity index (χ1) is 21.5. The maximum absolute atomic E-state index is 14.1. The van der Waals surface area contributed by atoms with Gasteiger partial charge in [0.1, 0.15) is 11.6 Å². The van der Waals surface area contributed by atoms with Crippen LogP contribution in [-0.2, 0) is 9.47 Å². The van der Waals surface area contributed by atoms with Gasteiger partial charge in [-0.1, -0.05) is 12.1 Å². The fourth-order valence-electron chi connectivity index (χ4n) is 6.21. The average molecular weight is 611 g/mol. The number of amides is 2. The van der Waals surface area contributed by atoms with Crippen LogP contribution in [0.2, 0.25) is 0 Å². The molecule has 0 unspecified atom stereocenters. The summed E-state index contributed by atoms with van der Waals surface area (Å²) in [6.45, 7) is 4.68. The van der Waals surface area contributed by atoms with Gasteiger partial charge in [0.15, 0.2) is 5.82 Å². The molecule has 2 amide bonds. The number of nitrogens with zero attached hydrogens (tertiary/aromatic N) is 6. The van der Waals surface area contributed by atoms with Crippen molar-refractivity contribution in [1.29, 1.82) is 0 Å². The lowest BCUT2D eigenvalue weighted by molar-refractivity contribution is 0.0641. The van der Waals surface area contributed by atoms with Crippen molar-refractivity contribution >= 4 is 35.0 Å². The Morgan fingerprint density at radius 3 is 2.48 bits per heavy atom. The number of hydrogen-bond acceptors (Lipinski definition) is 8. The summed E-state index contributed by atoms with van der Waals surface area (Å²) in [5.74, 6) is 1.58. The van der Waals surface area contributed by atoms with E-state index in [-0.39, 0.29) is 29.8 Å². The van der Waals surface area contributed by atoms with E-state index in [0.717, 1.165) is 58.2 Å². The van der Waals surface area contributed by atoms with Crippen molar-refractivity contribution in [3.05, 3.63) is 36.2 Å². The van der Waals surface area contributed by atoms with Crippen molar-refractivity contribution in [2.24, 2.45) is 16.8 Å². The number of anilines is 1. The zero-order chi connectivity index (χ0) is 30.3. The fraction of sp³-hybridized carbons (Fsp3) is 0.581. The fourth-order valence-corrected chi connectivity index (χ4v) is 6.21. The SMILES string of the molecule is O=C(NCCC1CCOCC1)NC1CCC(C=Nc2nc(N3CCOCC3)cc(-n3c(C(F)F)nc4ccccc43)n2)CC1. The molecule has 4 heterocycles. The van der Waals surface area contributed by atoms with Crippen LogP contribution in [0.3, 0.4) is 0 Å². The van der Waals surface area contributed by atoms with Gasteiger partial charge in [0.2, 0.25) is 0 Å². The molecule has 0 spiro atoms. The molecule has 1 aliphatic carbocycles. The van der Waals surface area contributed by atoms with Gasteiger partial charge in [0.25, 0.3) is 12.4 Å². The summed E-state index contributed by atoms with van der Waals surface area (Å²) >= 11 is 0. The quantitative estimate of drug-likeness (QED) is 0.329. The van der Waals surface area contributed by atoms with E-state index in [2.05, 4.69) is 30.5 Å². The van der Waals surface area contributed by atoms with Gasteiger partial charge >= 0.3 is 6.03 Å². The molecule has 1 saturated carbocycles. The summed E-state index contributed by atoms with van der Waals surface area (Å²) in [7, 11) is 0. The smallest absolute Gasteiger partial charge is 0.315 e. The molecule has 0 bridgehead atoms. The number of ether oxygens (including phenoxy) is 2. The predicted octanol–water partition coefficient (Wildman–Crippen LogP) is 4.97. The number of nitrogens with one attached hydrogen (secondary N) is 2. The maximum atomic E-state index is 14.1. The van der Waals surface area contributed by atoms with E-state index in [1.807, 2.05) is 6.21 Å². The lowest BCUT2D eigenvalue weighted by atomic mass is 9.87. The molecular weight excluding hydrogens is 570 g/mol. The van der Waals surface area contributed by atoms with E-state index in [1.54, 1.807) is 30.3 Å². The third-order valence-electron chi connectivity index (χ3n) is 8.72. The number of para-hydroxylation sites is 2. The first-order valence-electron chi connectivity index (χ1n) is 15.7. The molecule has 6 rings (SSSR count). The molecule has 2 aliphatic heterocycles. The van der Waals surface area contributed by atoms with E-state index < -0.39 is 6.43 Å². The third kappa shape index (κ3) is 7.49. The summed E-state index contributed by atoms with van der Waals surface area (Å²) in [6, 6.07) is 8.77. The zero-order valence-corrected chi connectivity index (χ0v) is 24.8. The van der Waals surface area contributed by atoms with Gasteiger partial charge in [-0.3, -0.25) is 4.57 Å². The van der Waals surface area contributed by atoms with Crippen LogP contribution in [0.4, 0.5) is 25.3 Å². The number of fused-ring (bicyclic) bond motifs is 1. The van der Waals surface area contributed by atoms with Gasteiger partial charge in [-0.2, -0.15) is 9.97 Å². The van der Waals surface area contributed by atoms with Crippen molar-refractivity contribution in [2.45, 2.75) is 57.4 Å². The topological polar surface area (TPSA) is 119 Å². The Labute approximate surface area is 255 Å². The van der Waals surface area contributed by atoms with Gasteiger partial charge in [-0.25, -0.2) is 23.6 Å². The summed E-state index contributed by atoms with van der Waals surface area (Å²) < 4.78 is 40.6. The Hall–Kier alpha value is -3.71. The number of carbonyl (C=O) groups is 1. The molecular formula is C31H40F2N8O3. The van der Waals surface area contributed by atoms with Crippen molar-refractivity contribution in [2.75, 3.05) is 51.0 Å².